The van der Waals surface area contributed by atoms with Gasteiger partial charge in [-0.05, 0) is 54.2 Å². The second-order valence-electron chi connectivity index (χ2n) is 7.31. The average molecular weight is 410 g/mol. The molecule has 0 saturated heterocycles. The summed E-state index contributed by atoms with van der Waals surface area (Å²) in [5.74, 6) is 0.351. The maximum Gasteiger partial charge on any atom is 0.412 e. The second kappa shape index (κ2) is 6.88. The van der Waals surface area contributed by atoms with Crippen LogP contribution in [0.3, 0.4) is 0 Å². The van der Waals surface area contributed by atoms with Crippen molar-refractivity contribution in [2.45, 2.75) is 30.6 Å². The van der Waals surface area contributed by atoms with Crippen molar-refractivity contribution in [1.29, 1.82) is 0 Å². The van der Waals surface area contributed by atoms with Gasteiger partial charge in [0.25, 0.3) is 6.02 Å². The third-order valence-electron chi connectivity index (χ3n) is 5.28. The fraction of sp³-hybridized carbons (Fsp3) is 0.350. The van der Waals surface area contributed by atoms with Gasteiger partial charge in [-0.25, -0.2) is 4.99 Å². The quantitative estimate of drug-likeness (QED) is 0.752. The van der Waals surface area contributed by atoms with Gasteiger partial charge in [-0.2, -0.15) is 13.2 Å². The summed E-state index contributed by atoms with van der Waals surface area (Å²) in [4.78, 5) is 4.36. The number of rotatable bonds is 5. The first-order valence-electron chi connectivity index (χ1n) is 8.91. The summed E-state index contributed by atoms with van der Waals surface area (Å²) >= 11 is 5.78. The Kier molecular flexibility index (Phi) is 4.65. The molecule has 1 heterocycles. The molecule has 1 fully saturated rings. The normalized spacial score (nSPS) is 24.6. The Balaban J connectivity index is 1.43. The van der Waals surface area contributed by atoms with Crippen LogP contribution in [0.4, 0.5) is 18.9 Å². The van der Waals surface area contributed by atoms with E-state index in [1.165, 1.54) is 24.3 Å². The van der Waals surface area contributed by atoms with Gasteiger partial charge in [0.05, 0.1) is 0 Å². The van der Waals surface area contributed by atoms with Crippen LogP contribution in [-0.2, 0) is 11.2 Å². The molecule has 3 N–H and O–H groups in total. The number of hydrogen-bond donors (Lipinski definition) is 2. The molecule has 2 unspecified atom stereocenters. The Bertz CT molecular complexity index is 883. The summed E-state index contributed by atoms with van der Waals surface area (Å²) in [5, 5.41) is 2.97. The first-order chi connectivity index (χ1) is 13.2. The maximum absolute atomic E-state index is 13.5. The van der Waals surface area contributed by atoms with Gasteiger partial charge in [-0.15, -0.1) is 0 Å². The molecule has 2 aliphatic rings. The summed E-state index contributed by atoms with van der Waals surface area (Å²) in [6, 6.07) is 11.1. The van der Waals surface area contributed by atoms with Gasteiger partial charge in [0, 0.05) is 10.7 Å². The van der Waals surface area contributed by atoms with E-state index in [4.69, 9.17) is 22.1 Å². The highest BCUT2D eigenvalue weighted by atomic mass is 35.5. The summed E-state index contributed by atoms with van der Waals surface area (Å²) < 4.78 is 45.8. The molecule has 3 atom stereocenters. The molecule has 0 aromatic heterocycles. The lowest BCUT2D eigenvalue weighted by Gasteiger charge is -2.23. The number of amidine groups is 1. The van der Waals surface area contributed by atoms with Crippen LogP contribution in [-0.4, -0.2) is 24.3 Å². The molecule has 0 amide bonds. The fourth-order valence-corrected chi connectivity index (χ4v) is 3.75. The Hall–Kier alpha value is -2.41. The molecule has 8 heteroatoms. The first kappa shape index (κ1) is 18.9. The number of nitrogens with one attached hydrogen (secondary N) is 1. The standard InChI is InChI=1S/C20H19ClF3N3O/c21-15-5-3-13(4-6-15)17(20(22,23)24)26-16-7-1-12(2-8-16)9-14-10-19(14)11-28-18(25)27-19/h1-8,14,17,26H,9-11H2,(H2,25,27)/t14?,17-,19?/m1/s1. The van der Waals surface area contributed by atoms with Crippen LogP contribution in [0.1, 0.15) is 23.6 Å². The molecule has 0 bridgehead atoms. The highest BCUT2D eigenvalue weighted by Gasteiger charge is 2.57. The van der Waals surface area contributed by atoms with Gasteiger partial charge >= 0.3 is 6.18 Å². The predicted octanol–water partition coefficient (Wildman–Crippen LogP) is 4.70. The first-order valence-corrected chi connectivity index (χ1v) is 9.29. The van der Waals surface area contributed by atoms with Gasteiger partial charge in [0.1, 0.15) is 18.2 Å². The van der Waals surface area contributed by atoms with Crippen molar-refractivity contribution in [2.75, 3.05) is 11.9 Å². The molecule has 1 aliphatic heterocycles. The predicted molar refractivity (Wildman–Crippen MR) is 102 cm³/mol. The Morgan fingerprint density at radius 2 is 1.86 bits per heavy atom. The largest absolute Gasteiger partial charge is 0.463 e. The molecule has 0 radical (unpaired) electrons. The molecular weight excluding hydrogens is 391 g/mol. The number of halogens is 4. The van der Waals surface area contributed by atoms with Crippen molar-refractivity contribution >= 4 is 23.3 Å². The molecule has 2 aromatic rings. The van der Waals surface area contributed by atoms with Crippen molar-refractivity contribution in [3.05, 3.63) is 64.7 Å². The topological polar surface area (TPSA) is 59.6 Å². The van der Waals surface area contributed by atoms with Gasteiger partial charge in [0.15, 0.2) is 0 Å². The lowest BCUT2D eigenvalue weighted by molar-refractivity contribution is -0.144. The third-order valence-corrected chi connectivity index (χ3v) is 5.53. The molecule has 1 aliphatic carbocycles. The Labute approximate surface area is 165 Å². The van der Waals surface area contributed by atoms with Crippen molar-refractivity contribution in [1.82, 2.24) is 0 Å². The Morgan fingerprint density at radius 1 is 1.18 bits per heavy atom. The lowest BCUT2D eigenvalue weighted by atomic mass is 10.0. The number of anilines is 1. The molecule has 148 valence electrons. The van der Waals surface area contributed by atoms with Crippen LogP contribution in [0.15, 0.2) is 53.5 Å². The highest BCUT2D eigenvalue weighted by Crippen LogP contribution is 2.51. The fourth-order valence-electron chi connectivity index (χ4n) is 3.62. The van der Waals surface area contributed by atoms with E-state index in [2.05, 4.69) is 10.3 Å². The number of benzene rings is 2. The maximum atomic E-state index is 13.5. The summed E-state index contributed by atoms with van der Waals surface area (Å²) in [5.41, 5.74) is 6.94. The van der Waals surface area contributed by atoms with Gasteiger partial charge in [-0.3, -0.25) is 0 Å². The minimum Gasteiger partial charge on any atom is -0.463 e. The summed E-state index contributed by atoms with van der Waals surface area (Å²) in [7, 11) is 0. The van der Waals surface area contributed by atoms with Crippen LogP contribution in [0.5, 0.6) is 0 Å². The van der Waals surface area contributed by atoms with Crippen molar-refractivity contribution in [2.24, 2.45) is 16.6 Å². The smallest absolute Gasteiger partial charge is 0.412 e. The zero-order valence-corrected chi connectivity index (χ0v) is 15.6. The van der Waals surface area contributed by atoms with Crippen molar-refractivity contribution in [3.63, 3.8) is 0 Å². The van der Waals surface area contributed by atoms with Crippen molar-refractivity contribution in [3.8, 4) is 0 Å². The zero-order chi connectivity index (χ0) is 19.9. The Morgan fingerprint density at radius 3 is 2.43 bits per heavy atom. The third kappa shape index (κ3) is 3.90. The van der Waals surface area contributed by atoms with Crippen LogP contribution < -0.4 is 11.1 Å². The van der Waals surface area contributed by atoms with E-state index in [-0.39, 0.29) is 17.1 Å². The molecule has 1 saturated carbocycles. The molecule has 1 spiro atoms. The molecule has 28 heavy (non-hydrogen) atoms. The lowest BCUT2D eigenvalue weighted by Crippen LogP contribution is -2.27. The summed E-state index contributed by atoms with van der Waals surface area (Å²) in [6.07, 6.45) is -2.73. The SMILES string of the molecule is NC1=NC2(CO1)CC2Cc1ccc(N[C@H](c2ccc(Cl)cc2)C(F)(F)F)cc1. The van der Waals surface area contributed by atoms with Gasteiger partial charge < -0.3 is 15.8 Å². The molecule has 2 aromatic carbocycles. The van der Waals surface area contributed by atoms with E-state index >= 15 is 0 Å². The number of nitrogens with zero attached hydrogens (tertiary/aromatic N) is 1. The molecular formula is C20H19ClF3N3O. The van der Waals surface area contributed by atoms with Crippen LogP contribution >= 0.6 is 11.6 Å². The van der Waals surface area contributed by atoms with E-state index in [9.17, 15) is 13.2 Å². The minimum atomic E-state index is -4.44. The van der Waals surface area contributed by atoms with Gasteiger partial charge in [0.2, 0.25) is 0 Å². The molecule has 4 rings (SSSR count). The van der Waals surface area contributed by atoms with Crippen molar-refractivity contribution < 1.29 is 17.9 Å². The van der Waals surface area contributed by atoms with E-state index in [1.807, 2.05) is 12.1 Å². The van der Waals surface area contributed by atoms with E-state index in [0.29, 0.717) is 23.2 Å². The second-order valence-corrected chi connectivity index (χ2v) is 7.75. The number of aliphatic imine (C=N–C) groups is 1. The zero-order valence-electron chi connectivity index (χ0n) is 14.8. The monoisotopic (exact) mass is 409 g/mol. The average Bonchev–Trinajstić information content (AvgIpc) is 3.15. The highest BCUT2D eigenvalue weighted by molar-refractivity contribution is 6.30. The summed E-state index contributed by atoms with van der Waals surface area (Å²) in [6.45, 7) is 0.511. The van der Waals surface area contributed by atoms with Gasteiger partial charge in [-0.1, -0.05) is 35.9 Å². The minimum absolute atomic E-state index is 0.109. The number of alkyl halides is 3. The number of nitrogens with two attached hydrogens (primary N) is 1. The van der Waals surface area contributed by atoms with E-state index in [1.54, 1.807) is 12.1 Å². The van der Waals surface area contributed by atoms with Crippen LogP contribution in [0.2, 0.25) is 5.02 Å². The van der Waals surface area contributed by atoms with Crippen LogP contribution in [0, 0.1) is 5.92 Å². The van der Waals surface area contributed by atoms with E-state index in [0.717, 1.165) is 18.4 Å². The molecule has 4 nitrogen and oxygen atoms in total. The van der Waals surface area contributed by atoms with E-state index < -0.39 is 12.2 Å². The number of ether oxygens (including phenoxy) is 1. The number of hydrogen-bond acceptors (Lipinski definition) is 4. The van der Waals surface area contributed by atoms with Crippen LogP contribution in [0.25, 0.3) is 0 Å².